The van der Waals surface area contributed by atoms with Gasteiger partial charge in [-0.2, -0.15) is 0 Å². The molecule has 2 N–H and O–H groups in total. The normalized spacial score (nSPS) is 20.0. The second kappa shape index (κ2) is 10.6. The molecular formula is C29H34N4O5S. The van der Waals surface area contributed by atoms with Gasteiger partial charge in [0.1, 0.15) is 5.60 Å². The molecule has 3 aromatic rings. The lowest BCUT2D eigenvalue weighted by Gasteiger charge is -2.33. The maximum absolute atomic E-state index is 13.0. The summed E-state index contributed by atoms with van der Waals surface area (Å²) in [6, 6.07) is 14.2. The van der Waals surface area contributed by atoms with Gasteiger partial charge in [-0.3, -0.25) is 9.78 Å². The first kappa shape index (κ1) is 27.1. The summed E-state index contributed by atoms with van der Waals surface area (Å²) >= 11 is 0. The molecule has 0 radical (unpaired) electrons. The molecule has 2 heterocycles. The monoisotopic (exact) mass is 550 g/mol. The average Bonchev–Trinajstić information content (AvgIpc) is 3.69. The van der Waals surface area contributed by atoms with Gasteiger partial charge in [0.25, 0.3) is 0 Å². The number of benzene rings is 2. The summed E-state index contributed by atoms with van der Waals surface area (Å²) in [5, 5.41) is 5.02. The largest absolute Gasteiger partial charge is 0.444 e. The summed E-state index contributed by atoms with van der Waals surface area (Å²) in [4.78, 5) is 31.0. The Labute approximate surface area is 229 Å². The third-order valence-corrected chi connectivity index (χ3v) is 8.66. The summed E-state index contributed by atoms with van der Waals surface area (Å²) < 4.78 is 34.2. The van der Waals surface area contributed by atoms with Gasteiger partial charge in [-0.05, 0) is 87.2 Å². The number of rotatable bonds is 6. The highest BCUT2D eigenvalue weighted by molar-refractivity contribution is 7.89. The first-order valence-corrected chi connectivity index (χ1v) is 14.7. The number of aromatic nitrogens is 1. The number of likely N-dealkylation sites (tertiary alicyclic amines) is 1. The van der Waals surface area contributed by atoms with Crippen LogP contribution in [-0.2, 0) is 19.6 Å². The average molecular weight is 551 g/mol. The van der Waals surface area contributed by atoms with Crippen LogP contribution in [0.1, 0.15) is 51.5 Å². The van der Waals surface area contributed by atoms with E-state index in [0.717, 1.165) is 28.4 Å². The Bertz CT molecular complexity index is 1480. The van der Waals surface area contributed by atoms with E-state index < -0.39 is 15.6 Å². The number of carbonyl (C=O) groups is 2. The van der Waals surface area contributed by atoms with E-state index in [1.54, 1.807) is 41.6 Å². The number of amides is 2. The minimum Gasteiger partial charge on any atom is -0.444 e. The summed E-state index contributed by atoms with van der Waals surface area (Å²) in [5.41, 5.74) is 1.12. The third kappa shape index (κ3) is 6.57. The molecule has 0 bridgehead atoms. The van der Waals surface area contributed by atoms with Gasteiger partial charge in [0.05, 0.1) is 4.90 Å². The molecule has 206 valence electrons. The molecule has 0 unspecified atom stereocenters. The Hall–Kier alpha value is -3.50. The van der Waals surface area contributed by atoms with Crippen LogP contribution in [-0.4, -0.2) is 55.0 Å². The minimum atomic E-state index is -3.71. The molecule has 2 aliphatic rings. The van der Waals surface area contributed by atoms with Gasteiger partial charge in [-0.25, -0.2) is 17.9 Å². The lowest BCUT2D eigenvalue weighted by molar-refractivity contribution is -0.117. The fraction of sp³-hybridized carbons (Fsp3) is 0.414. The second-order valence-corrected chi connectivity index (χ2v) is 13.0. The van der Waals surface area contributed by atoms with Gasteiger partial charge in [0.2, 0.25) is 15.9 Å². The maximum Gasteiger partial charge on any atom is 0.410 e. The summed E-state index contributed by atoms with van der Waals surface area (Å²) in [5.74, 6) is -0.116. The van der Waals surface area contributed by atoms with Gasteiger partial charge < -0.3 is 15.0 Å². The van der Waals surface area contributed by atoms with Crippen molar-refractivity contribution in [1.29, 1.82) is 0 Å². The van der Waals surface area contributed by atoms with Crippen LogP contribution in [0.25, 0.3) is 10.8 Å². The van der Waals surface area contributed by atoms with Crippen molar-refractivity contribution in [2.75, 3.05) is 18.4 Å². The fourth-order valence-electron chi connectivity index (χ4n) is 4.94. The van der Waals surface area contributed by atoms with Crippen LogP contribution in [0.5, 0.6) is 0 Å². The molecule has 9 nitrogen and oxygen atoms in total. The molecule has 1 saturated carbocycles. The highest BCUT2D eigenvalue weighted by atomic mass is 32.2. The zero-order chi connectivity index (χ0) is 27.8. The molecule has 2 fully saturated rings. The van der Waals surface area contributed by atoms with Crippen molar-refractivity contribution < 1.29 is 22.7 Å². The predicted octanol–water partition coefficient (Wildman–Crippen LogP) is 4.65. The van der Waals surface area contributed by atoms with E-state index in [4.69, 9.17) is 4.74 Å². The Morgan fingerprint density at radius 1 is 1.00 bits per heavy atom. The molecule has 1 aliphatic carbocycles. The molecule has 2 atom stereocenters. The Morgan fingerprint density at radius 2 is 1.72 bits per heavy atom. The first-order chi connectivity index (χ1) is 18.5. The molecule has 10 heteroatoms. The highest BCUT2D eigenvalue weighted by Gasteiger charge is 2.44. The van der Waals surface area contributed by atoms with E-state index in [2.05, 4.69) is 15.0 Å². The van der Waals surface area contributed by atoms with E-state index in [9.17, 15) is 18.0 Å². The zero-order valence-corrected chi connectivity index (χ0v) is 23.2. The van der Waals surface area contributed by atoms with Crippen molar-refractivity contribution in [1.82, 2.24) is 14.6 Å². The number of piperidine rings is 1. The summed E-state index contributed by atoms with van der Waals surface area (Å²) in [6.07, 6.45) is 4.89. The fourth-order valence-corrected chi connectivity index (χ4v) is 6.24. The van der Waals surface area contributed by atoms with Crippen molar-refractivity contribution in [3.8, 4) is 0 Å². The van der Waals surface area contributed by atoms with Crippen molar-refractivity contribution in [3.05, 3.63) is 66.5 Å². The van der Waals surface area contributed by atoms with Gasteiger partial charge in [0.15, 0.2) is 0 Å². The molecule has 1 saturated heterocycles. The standard InChI is InChI=1S/C29H34N4O5S/c1-29(2,3)38-28(35)33-14-11-22(12-15-33)32-39(36,37)24-8-5-19(6-9-24)25-17-26(25)27(34)31-23-7-4-21-18-30-13-10-20(21)16-23/h4-10,13,16,18,22,25-26,32H,11-12,14-15,17H2,1-3H3,(H,31,34)/t25-,26+/m0/s1. The van der Waals surface area contributed by atoms with E-state index >= 15 is 0 Å². The quantitative estimate of drug-likeness (QED) is 0.461. The molecule has 1 aromatic heterocycles. The van der Waals surface area contributed by atoms with E-state index in [1.807, 2.05) is 45.0 Å². The number of sulfonamides is 1. The molecule has 39 heavy (non-hydrogen) atoms. The van der Waals surface area contributed by atoms with Crippen LogP contribution in [0, 0.1) is 5.92 Å². The Balaban J connectivity index is 1.13. The molecule has 5 rings (SSSR count). The van der Waals surface area contributed by atoms with Crippen molar-refractivity contribution in [2.24, 2.45) is 5.92 Å². The number of ether oxygens (including phenoxy) is 1. The van der Waals surface area contributed by atoms with Crippen molar-refractivity contribution in [3.63, 3.8) is 0 Å². The molecule has 2 aromatic carbocycles. The molecule has 1 aliphatic heterocycles. The number of nitrogens with zero attached hydrogens (tertiary/aromatic N) is 2. The van der Waals surface area contributed by atoms with Crippen LogP contribution in [0.15, 0.2) is 65.8 Å². The first-order valence-electron chi connectivity index (χ1n) is 13.2. The van der Waals surface area contributed by atoms with Crippen LogP contribution in [0.2, 0.25) is 0 Å². The highest BCUT2D eigenvalue weighted by Crippen LogP contribution is 2.48. The van der Waals surface area contributed by atoms with Gasteiger partial charge in [-0.15, -0.1) is 0 Å². The second-order valence-electron chi connectivity index (χ2n) is 11.3. The SMILES string of the molecule is CC(C)(C)OC(=O)N1CCC(NS(=O)(=O)c2ccc([C@@H]3C[C@H]3C(=O)Nc3ccc4cnccc4c3)cc2)CC1. The number of hydrogen-bond acceptors (Lipinski definition) is 6. The van der Waals surface area contributed by atoms with Crippen molar-refractivity contribution >= 4 is 38.5 Å². The number of fused-ring (bicyclic) bond motifs is 1. The van der Waals surface area contributed by atoms with Crippen LogP contribution in [0.3, 0.4) is 0 Å². The molecule has 0 spiro atoms. The maximum atomic E-state index is 13.0. The van der Waals surface area contributed by atoms with Crippen molar-refractivity contribution in [2.45, 2.75) is 62.5 Å². The number of pyridine rings is 1. The topological polar surface area (TPSA) is 118 Å². The number of hydrogen-bond donors (Lipinski definition) is 2. The molecular weight excluding hydrogens is 516 g/mol. The number of anilines is 1. The Morgan fingerprint density at radius 3 is 2.41 bits per heavy atom. The minimum absolute atomic E-state index is 0.0375. The Kier molecular flexibility index (Phi) is 7.35. The van der Waals surface area contributed by atoms with Crippen LogP contribution in [0.4, 0.5) is 10.5 Å². The van der Waals surface area contributed by atoms with E-state index in [-0.39, 0.29) is 34.8 Å². The van der Waals surface area contributed by atoms with Gasteiger partial charge >= 0.3 is 6.09 Å². The summed E-state index contributed by atoms with van der Waals surface area (Å²) in [7, 11) is -3.71. The lowest BCUT2D eigenvalue weighted by atomic mass is 10.1. The number of nitrogens with one attached hydrogen (secondary N) is 2. The zero-order valence-electron chi connectivity index (χ0n) is 22.4. The predicted molar refractivity (Wildman–Crippen MR) is 149 cm³/mol. The van der Waals surface area contributed by atoms with Gasteiger partial charge in [0, 0.05) is 48.5 Å². The third-order valence-electron chi connectivity index (χ3n) is 7.12. The van der Waals surface area contributed by atoms with E-state index in [0.29, 0.717) is 25.9 Å². The van der Waals surface area contributed by atoms with Crippen LogP contribution < -0.4 is 10.0 Å². The number of carbonyl (C=O) groups excluding carboxylic acids is 2. The molecule has 2 amide bonds. The summed E-state index contributed by atoms with van der Waals surface area (Å²) in [6.45, 7) is 6.32. The van der Waals surface area contributed by atoms with E-state index in [1.165, 1.54) is 0 Å². The lowest BCUT2D eigenvalue weighted by Crippen LogP contribution is -2.47. The van der Waals surface area contributed by atoms with Crippen LogP contribution >= 0.6 is 0 Å². The smallest absolute Gasteiger partial charge is 0.410 e. The van der Waals surface area contributed by atoms with Gasteiger partial charge in [-0.1, -0.05) is 18.2 Å².